The summed E-state index contributed by atoms with van der Waals surface area (Å²) >= 11 is 0. The van der Waals surface area contributed by atoms with Crippen molar-refractivity contribution < 1.29 is 23.9 Å². The van der Waals surface area contributed by atoms with Gasteiger partial charge in [0.2, 0.25) is 0 Å². The molecule has 34 heavy (non-hydrogen) atoms. The number of hydrogen-bond donors (Lipinski definition) is 1. The van der Waals surface area contributed by atoms with Gasteiger partial charge in [-0.2, -0.15) is 0 Å². The Balaban J connectivity index is 1.44. The first-order valence-corrected chi connectivity index (χ1v) is 11.7. The molecular weight excluding hydrogens is 432 g/mol. The van der Waals surface area contributed by atoms with Crippen LogP contribution < -0.4 is 5.32 Å². The minimum Gasteiger partial charge on any atom is -0.496 e. The fourth-order valence-corrected chi connectivity index (χ4v) is 4.69. The van der Waals surface area contributed by atoms with Crippen LogP contribution in [0, 0.1) is 5.92 Å². The highest BCUT2D eigenvalue weighted by Gasteiger charge is 2.40. The minimum absolute atomic E-state index is 0.0792. The number of ether oxygens (including phenoxy) is 2. The molecule has 1 aliphatic heterocycles. The first-order chi connectivity index (χ1) is 16.3. The molecule has 1 aliphatic carbocycles. The summed E-state index contributed by atoms with van der Waals surface area (Å²) in [6.45, 7) is 7.72. The standard InChI is InChI=1S/C27H30N2O5/c1-5-33-23-14-24(30)29(17(23)4)26(31)25(16(2)3)28-27(32)34-15-22-20-12-8-6-10-18(20)19-11-7-9-13-21(19)22/h6-14,16-17,22,25H,5,15H2,1-4H3,(H,28,32)/t17-,25-/m0/s1. The molecular formula is C27H30N2O5. The first-order valence-electron chi connectivity index (χ1n) is 11.7. The van der Waals surface area contributed by atoms with E-state index in [0.717, 1.165) is 27.2 Å². The summed E-state index contributed by atoms with van der Waals surface area (Å²) in [5, 5.41) is 2.68. The molecule has 2 aromatic rings. The van der Waals surface area contributed by atoms with Crippen LogP contribution >= 0.6 is 0 Å². The zero-order valence-electron chi connectivity index (χ0n) is 19.9. The largest absolute Gasteiger partial charge is 0.496 e. The van der Waals surface area contributed by atoms with E-state index in [1.807, 2.05) is 57.2 Å². The summed E-state index contributed by atoms with van der Waals surface area (Å²) in [4.78, 5) is 39.6. The lowest BCUT2D eigenvalue weighted by molar-refractivity contribution is -0.145. The van der Waals surface area contributed by atoms with E-state index in [4.69, 9.17) is 9.47 Å². The van der Waals surface area contributed by atoms with Crippen LogP contribution in [-0.2, 0) is 19.1 Å². The van der Waals surface area contributed by atoms with Crippen molar-refractivity contribution in [3.8, 4) is 11.1 Å². The van der Waals surface area contributed by atoms with Crippen LogP contribution in [0.15, 0.2) is 60.4 Å². The lowest BCUT2D eigenvalue weighted by Gasteiger charge is -2.29. The summed E-state index contributed by atoms with van der Waals surface area (Å²) in [5.74, 6) is -0.800. The van der Waals surface area contributed by atoms with E-state index in [-0.39, 0.29) is 18.4 Å². The molecule has 0 radical (unpaired) electrons. The number of carbonyl (C=O) groups excluding carboxylic acids is 3. The molecule has 3 amide bonds. The van der Waals surface area contributed by atoms with Crippen LogP contribution in [0.2, 0.25) is 0 Å². The number of imide groups is 1. The van der Waals surface area contributed by atoms with Crippen molar-refractivity contribution in [1.82, 2.24) is 10.2 Å². The van der Waals surface area contributed by atoms with Gasteiger partial charge < -0.3 is 14.8 Å². The maximum atomic E-state index is 13.2. The molecule has 0 aromatic heterocycles. The van der Waals surface area contributed by atoms with Gasteiger partial charge in [-0.15, -0.1) is 0 Å². The Kier molecular flexibility index (Phi) is 6.72. The number of nitrogens with zero attached hydrogens (tertiary/aromatic N) is 1. The van der Waals surface area contributed by atoms with Crippen LogP contribution in [-0.4, -0.2) is 48.1 Å². The third-order valence-electron chi connectivity index (χ3n) is 6.40. The molecule has 0 spiro atoms. The second kappa shape index (κ2) is 9.71. The van der Waals surface area contributed by atoms with E-state index in [0.29, 0.717) is 12.4 Å². The molecule has 7 heteroatoms. The van der Waals surface area contributed by atoms with E-state index in [9.17, 15) is 14.4 Å². The van der Waals surface area contributed by atoms with E-state index in [2.05, 4.69) is 17.4 Å². The Labute approximate surface area is 199 Å². The summed E-state index contributed by atoms with van der Waals surface area (Å²) in [6.07, 6.45) is 0.641. The zero-order valence-corrected chi connectivity index (χ0v) is 19.9. The predicted molar refractivity (Wildman–Crippen MR) is 128 cm³/mol. The van der Waals surface area contributed by atoms with Crippen LogP contribution in [0.1, 0.15) is 44.7 Å². The second-order valence-corrected chi connectivity index (χ2v) is 8.89. The van der Waals surface area contributed by atoms with Crippen molar-refractivity contribution in [3.05, 3.63) is 71.5 Å². The maximum Gasteiger partial charge on any atom is 0.407 e. The van der Waals surface area contributed by atoms with Gasteiger partial charge in [0.05, 0.1) is 12.6 Å². The molecule has 0 saturated carbocycles. The third kappa shape index (κ3) is 4.30. The van der Waals surface area contributed by atoms with E-state index in [1.165, 1.54) is 6.08 Å². The van der Waals surface area contributed by atoms with Gasteiger partial charge >= 0.3 is 6.09 Å². The first kappa shape index (κ1) is 23.5. The number of rotatable bonds is 7. The Morgan fingerprint density at radius 2 is 1.62 bits per heavy atom. The third-order valence-corrected chi connectivity index (χ3v) is 6.40. The molecule has 2 atom stereocenters. The zero-order chi connectivity index (χ0) is 24.4. The van der Waals surface area contributed by atoms with E-state index in [1.54, 1.807) is 6.92 Å². The summed E-state index contributed by atoms with van der Waals surface area (Å²) in [6, 6.07) is 14.8. The Morgan fingerprint density at radius 1 is 1.03 bits per heavy atom. The minimum atomic E-state index is -0.906. The van der Waals surface area contributed by atoms with Gasteiger partial charge in [0, 0.05) is 12.0 Å². The SMILES string of the molecule is CCOC1=CC(=O)N(C(=O)[C@@H](NC(=O)OCC2c3ccccc3-c3ccccc32)C(C)C)[C@H]1C. The normalized spacial score (nSPS) is 17.8. The van der Waals surface area contributed by atoms with Gasteiger partial charge in [-0.1, -0.05) is 62.4 Å². The van der Waals surface area contributed by atoms with Crippen LogP contribution in [0.3, 0.4) is 0 Å². The summed E-state index contributed by atoms with van der Waals surface area (Å²) in [7, 11) is 0. The highest BCUT2D eigenvalue weighted by molar-refractivity contribution is 6.06. The maximum absolute atomic E-state index is 13.2. The second-order valence-electron chi connectivity index (χ2n) is 8.89. The average Bonchev–Trinajstić information content (AvgIpc) is 3.29. The topological polar surface area (TPSA) is 84.9 Å². The van der Waals surface area contributed by atoms with Crippen LogP contribution in [0.5, 0.6) is 0 Å². The van der Waals surface area contributed by atoms with Gasteiger partial charge in [-0.3, -0.25) is 14.5 Å². The smallest absolute Gasteiger partial charge is 0.407 e. The van der Waals surface area contributed by atoms with Gasteiger partial charge in [-0.05, 0) is 42.0 Å². The molecule has 0 fully saturated rings. The number of alkyl carbamates (subject to hydrolysis) is 1. The molecule has 7 nitrogen and oxygen atoms in total. The number of benzene rings is 2. The van der Waals surface area contributed by atoms with Crippen LogP contribution in [0.4, 0.5) is 4.79 Å². The fraction of sp³-hybridized carbons (Fsp3) is 0.370. The van der Waals surface area contributed by atoms with Crippen molar-refractivity contribution in [2.24, 2.45) is 5.92 Å². The van der Waals surface area contributed by atoms with Crippen LogP contribution in [0.25, 0.3) is 11.1 Å². The molecule has 0 unspecified atom stereocenters. The molecule has 2 aromatic carbocycles. The molecule has 4 rings (SSSR count). The number of hydrogen-bond acceptors (Lipinski definition) is 5. The quantitative estimate of drug-likeness (QED) is 0.666. The van der Waals surface area contributed by atoms with Crippen molar-refractivity contribution in [2.75, 3.05) is 13.2 Å². The van der Waals surface area contributed by atoms with Gasteiger partial charge in [0.1, 0.15) is 18.4 Å². The number of carbonyl (C=O) groups is 3. The molecule has 1 heterocycles. The van der Waals surface area contributed by atoms with Gasteiger partial charge in [0.15, 0.2) is 0 Å². The summed E-state index contributed by atoms with van der Waals surface area (Å²) < 4.78 is 11.1. The average molecular weight is 463 g/mol. The molecule has 178 valence electrons. The Morgan fingerprint density at radius 3 is 2.18 bits per heavy atom. The van der Waals surface area contributed by atoms with E-state index >= 15 is 0 Å². The molecule has 1 N–H and O–H groups in total. The number of nitrogens with one attached hydrogen (secondary N) is 1. The number of fused-ring (bicyclic) bond motifs is 3. The summed E-state index contributed by atoms with van der Waals surface area (Å²) in [5.41, 5.74) is 4.50. The van der Waals surface area contributed by atoms with E-state index < -0.39 is 30.0 Å². The van der Waals surface area contributed by atoms with Crippen molar-refractivity contribution >= 4 is 17.9 Å². The Hall–Kier alpha value is -3.61. The number of amides is 3. The Bertz CT molecular complexity index is 1090. The molecule has 0 saturated heterocycles. The van der Waals surface area contributed by atoms with Crippen molar-refractivity contribution in [2.45, 2.75) is 45.7 Å². The van der Waals surface area contributed by atoms with Crippen molar-refractivity contribution in [3.63, 3.8) is 0 Å². The van der Waals surface area contributed by atoms with Gasteiger partial charge in [-0.25, -0.2) is 4.79 Å². The lowest BCUT2D eigenvalue weighted by Crippen LogP contribution is -2.54. The molecule has 2 aliphatic rings. The highest BCUT2D eigenvalue weighted by Crippen LogP contribution is 2.44. The van der Waals surface area contributed by atoms with Gasteiger partial charge in [0.25, 0.3) is 11.8 Å². The lowest BCUT2D eigenvalue weighted by atomic mass is 9.98. The molecule has 0 bridgehead atoms. The highest BCUT2D eigenvalue weighted by atomic mass is 16.5. The monoisotopic (exact) mass is 462 g/mol. The van der Waals surface area contributed by atoms with Crippen molar-refractivity contribution in [1.29, 1.82) is 0 Å². The fourth-order valence-electron chi connectivity index (χ4n) is 4.69. The predicted octanol–water partition coefficient (Wildman–Crippen LogP) is 4.23.